The van der Waals surface area contributed by atoms with Gasteiger partial charge in [0.25, 0.3) is 11.8 Å². The minimum absolute atomic E-state index is 0.0185. The van der Waals surface area contributed by atoms with Crippen LogP contribution in [0.15, 0.2) is 72.8 Å². The molecule has 4 rings (SSSR count). The van der Waals surface area contributed by atoms with Crippen LogP contribution in [0.3, 0.4) is 0 Å². The molecule has 1 heterocycles. The highest BCUT2D eigenvalue weighted by molar-refractivity contribution is 6.06. The normalized spacial score (nSPS) is 12.9. The quantitative estimate of drug-likeness (QED) is 0.641. The molecule has 3 aromatic carbocycles. The highest BCUT2D eigenvalue weighted by Crippen LogP contribution is 2.30. The van der Waals surface area contributed by atoms with Crippen molar-refractivity contribution >= 4 is 23.2 Å². The maximum Gasteiger partial charge on any atom is 0.255 e. The molecule has 0 aliphatic carbocycles. The van der Waals surface area contributed by atoms with Crippen molar-refractivity contribution in [3.8, 4) is 0 Å². The van der Waals surface area contributed by atoms with Gasteiger partial charge < -0.3 is 15.5 Å². The van der Waals surface area contributed by atoms with E-state index < -0.39 is 0 Å². The number of fused-ring (bicyclic) bond motifs is 1. The van der Waals surface area contributed by atoms with Gasteiger partial charge in [0.1, 0.15) is 0 Å². The number of hydrogen-bond donors (Lipinski definition) is 2. The molecule has 31 heavy (non-hydrogen) atoms. The van der Waals surface area contributed by atoms with Crippen LogP contribution in [0.25, 0.3) is 0 Å². The third kappa shape index (κ3) is 4.77. The first-order chi connectivity index (χ1) is 15.0. The fourth-order valence-corrected chi connectivity index (χ4v) is 3.91. The van der Waals surface area contributed by atoms with Gasteiger partial charge in [-0.3, -0.25) is 9.59 Å². The maximum absolute atomic E-state index is 13.0. The predicted octanol–water partition coefficient (Wildman–Crippen LogP) is 4.64. The van der Waals surface area contributed by atoms with Crippen LogP contribution in [-0.2, 0) is 13.0 Å². The summed E-state index contributed by atoms with van der Waals surface area (Å²) >= 11 is 0. The second kappa shape index (κ2) is 9.04. The Bertz CT molecular complexity index is 1090. The van der Waals surface area contributed by atoms with Crippen molar-refractivity contribution in [2.45, 2.75) is 32.9 Å². The van der Waals surface area contributed by atoms with E-state index in [4.69, 9.17) is 0 Å². The first-order valence-corrected chi connectivity index (χ1v) is 10.6. The Morgan fingerprint density at radius 3 is 2.32 bits per heavy atom. The Kier molecular flexibility index (Phi) is 6.03. The second-order valence-corrected chi connectivity index (χ2v) is 8.12. The molecule has 1 aliphatic rings. The second-order valence-electron chi connectivity index (χ2n) is 8.12. The van der Waals surface area contributed by atoms with Crippen molar-refractivity contribution in [2.24, 2.45) is 0 Å². The van der Waals surface area contributed by atoms with Crippen molar-refractivity contribution in [3.05, 3.63) is 95.1 Å². The summed E-state index contributed by atoms with van der Waals surface area (Å²) < 4.78 is 0. The van der Waals surface area contributed by atoms with E-state index in [9.17, 15) is 9.59 Å². The van der Waals surface area contributed by atoms with E-state index in [-0.39, 0.29) is 17.9 Å². The monoisotopic (exact) mass is 413 g/mol. The predicted molar refractivity (Wildman–Crippen MR) is 125 cm³/mol. The van der Waals surface area contributed by atoms with Gasteiger partial charge in [-0.25, -0.2) is 0 Å². The van der Waals surface area contributed by atoms with Gasteiger partial charge in [-0.15, -0.1) is 0 Å². The van der Waals surface area contributed by atoms with Crippen LogP contribution in [-0.4, -0.2) is 24.4 Å². The third-order valence-electron chi connectivity index (χ3n) is 5.43. The fraction of sp³-hybridized carbons (Fsp3) is 0.231. The summed E-state index contributed by atoms with van der Waals surface area (Å²) in [5, 5.41) is 5.91. The average molecular weight is 414 g/mol. The van der Waals surface area contributed by atoms with Gasteiger partial charge in [-0.1, -0.05) is 42.5 Å². The summed E-state index contributed by atoms with van der Waals surface area (Å²) in [5.74, 6) is -0.338. The number of rotatable bonds is 5. The SMILES string of the molecule is CC(C)NC(=O)c1cc(NC(=O)c2ccccc2)ccc1N1CCc2ccccc2C1. The lowest BCUT2D eigenvalue weighted by Crippen LogP contribution is -2.35. The van der Waals surface area contributed by atoms with E-state index in [1.165, 1.54) is 11.1 Å². The minimum atomic E-state index is -0.199. The molecule has 158 valence electrons. The first-order valence-electron chi connectivity index (χ1n) is 10.6. The van der Waals surface area contributed by atoms with Gasteiger partial charge in [0, 0.05) is 36.1 Å². The van der Waals surface area contributed by atoms with Crippen molar-refractivity contribution in [3.63, 3.8) is 0 Å². The van der Waals surface area contributed by atoms with E-state index in [0.717, 1.165) is 25.2 Å². The topological polar surface area (TPSA) is 61.4 Å². The van der Waals surface area contributed by atoms with E-state index in [0.29, 0.717) is 16.8 Å². The Morgan fingerprint density at radius 2 is 1.58 bits per heavy atom. The summed E-state index contributed by atoms with van der Waals surface area (Å²) in [6.07, 6.45) is 0.938. The number of nitrogens with zero attached hydrogens (tertiary/aromatic N) is 1. The highest BCUT2D eigenvalue weighted by atomic mass is 16.2. The van der Waals surface area contributed by atoms with Crippen molar-refractivity contribution < 1.29 is 9.59 Å². The molecule has 1 aliphatic heterocycles. The molecule has 5 nitrogen and oxygen atoms in total. The highest BCUT2D eigenvalue weighted by Gasteiger charge is 2.22. The van der Waals surface area contributed by atoms with Crippen LogP contribution in [0.4, 0.5) is 11.4 Å². The zero-order valence-electron chi connectivity index (χ0n) is 17.9. The van der Waals surface area contributed by atoms with E-state index in [2.05, 4.69) is 39.8 Å². The smallest absolute Gasteiger partial charge is 0.255 e. The molecule has 0 radical (unpaired) electrons. The van der Waals surface area contributed by atoms with E-state index in [1.807, 2.05) is 44.2 Å². The molecule has 0 saturated carbocycles. The number of carbonyl (C=O) groups excluding carboxylic acids is 2. The summed E-state index contributed by atoms with van der Waals surface area (Å²) in [5.41, 5.74) is 5.27. The molecule has 0 spiro atoms. The van der Waals surface area contributed by atoms with Crippen LogP contribution < -0.4 is 15.5 Å². The van der Waals surface area contributed by atoms with Gasteiger partial charge in [0.15, 0.2) is 0 Å². The Morgan fingerprint density at radius 1 is 0.871 bits per heavy atom. The first kappa shape index (κ1) is 20.7. The van der Waals surface area contributed by atoms with Gasteiger partial charge in [-0.05, 0) is 61.7 Å². The number of hydrogen-bond acceptors (Lipinski definition) is 3. The van der Waals surface area contributed by atoms with Gasteiger partial charge in [0.05, 0.1) is 5.56 Å². The summed E-state index contributed by atoms with van der Waals surface area (Å²) in [6.45, 7) is 5.48. The summed E-state index contributed by atoms with van der Waals surface area (Å²) in [6, 6.07) is 23.1. The Balaban J connectivity index is 1.64. The standard InChI is InChI=1S/C26H27N3O2/c1-18(2)27-26(31)23-16-22(28-25(30)20-9-4-3-5-10-20)12-13-24(23)29-15-14-19-8-6-7-11-21(19)17-29/h3-13,16,18H,14-15,17H2,1-2H3,(H,27,31)(H,28,30). The Hall–Kier alpha value is -3.60. The van der Waals surface area contributed by atoms with E-state index >= 15 is 0 Å². The molecule has 2 N–H and O–H groups in total. The molecule has 0 fully saturated rings. The van der Waals surface area contributed by atoms with Crippen molar-refractivity contribution in [1.29, 1.82) is 0 Å². The van der Waals surface area contributed by atoms with Crippen molar-refractivity contribution in [2.75, 3.05) is 16.8 Å². The van der Waals surface area contributed by atoms with Gasteiger partial charge in [-0.2, -0.15) is 0 Å². The molecule has 0 bridgehead atoms. The van der Waals surface area contributed by atoms with E-state index in [1.54, 1.807) is 18.2 Å². The number of amides is 2. The molecule has 0 atom stereocenters. The van der Waals surface area contributed by atoms with Crippen LogP contribution in [0.2, 0.25) is 0 Å². The van der Waals surface area contributed by atoms with Gasteiger partial charge in [0.2, 0.25) is 0 Å². The summed E-state index contributed by atoms with van der Waals surface area (Å²) in [7, 11) is 0. The molecular formula is C26H27N3O2. The number of anilines is 2. The largest absolute Gasteiger partial charge is 0.366 e. The molecule has 0 unspecified atom stereocenters. The molecule has 0 saturated heterocycles. The zero-order valence-corrected chi connectivity index (χ0v) is 17.9. The average Bonchev–Trinajstić information content (AvgIpc) is 2.79. The van der Waals surface area contributed by atoms with Crippen LogP contribution in [0, 0.1) is 0 Å². The number of carbonyl (C=O) groups is 2. The van der Waals surface area contributed by atoms with Crippen LogP contribution in [0.5, 0.6) is 0 Å². The van der Waals surface area contributed by atoms with Crippen LogP contribution in [0.1, 0.15) is 45.7 Å². The number of benzene rings is 3. The fourth-order valence-electron chi connectivity index (χ4n) is 3.91. The lowest BCUT2D eigenvalue weighted by Gasteiger charge is -2.32. The Labute approximate surface area is 183 Å². The zero-order chi connectivity index (χ0) is 21.8. The minimum Gasteiger partial charge on any atom is -0.366 e. The van der Waals surface area contributed by atoms with Crippen LogP contribution >= 0.6 is 0 Å². The molecular weight excluding hydrogens is 386 g/mol. The number of nitrogens with one attached hydrogen (secondary N) is 2. The molecule has 5 heteroatoms. The lowest BCUT2D eigenvalue weighted by atomic mass is 9.98. The van der Waals surface area contributed by atoms with Crippen molar-refractivity contribution in [1.82, 2.24) is 5.32 Å². The molecule has 0 aromatic heterocycles. The molecule has 3 aromatic rings. The van der Waals surface area contributed by atoms with Gasteiger partial charge >= 0.3 is 0 Å². The lowest BCUT2D eigenvalue weighted by molar-refractivity contribution is 0.0942. The summed E-state index contributed by atoms with van der Waals surface area (Å²) in [4.78, 5) is 27.8. The maximum atomic E-state index is 13.0. The third-order valence-corrected chi connectivity index (χ3v) is 5.43. The molecule has 2 amide bonds.